The van der Waals surface area contributed by atoms with Gasteiger partial charge in [0.1, 0.15) is 0 Å². The van der Waals surface area contributed by atoms with Crippen LogP contribution in [-0.2, 0) is 0 Å². The second-order valence-electron chi connectivity index (χ2n) is 3.30. The molecule has 0 atom stereocenters. The summed E-state index contributed by atoms with van der Waals surface area (Å²) >= 11 is 0. The Labute approximate surface area is 88.2 Å². The van der Waals surface area contributed by atoms with Gasteiger partial charge in [-0.2, -0.15) is 5.10 Å². The van der Waals surface area contributed by atoms with Crippen LogP contribution in [0.2, 0.25) is 0 Å². The van der Waals surface area contributed by atoms with E-state index in [1.165, 1.54) is 4.79 Å². The summed E-state index contributed by atoms with van der Waals surface area (Å²) < 4.78 is 0. The molecule has 4 nitrogen and oxygen atoms in total. The van der Waals surface area contributed by atoms with Gasteiger partial charge in [0.05, 0.1) is 17.6 Å². The second kappa shape index (κ2) is 4.04. The number of aryl methyl sites for hydroxylation is 1. The third kappa shape index (κ3) is 2.10. The summed E-state index contributed by atoms with van der Waals surface area (Å²) in [5.74, 6) is 0. The van der Waals surface area contributed by atoms with Crippen molar-refractivity contribution in [3.05, 3.63) is 47.3 Å². The molecule has 76 valence electrons. The first-order valence-corrected chi connectivity index (χ1v) is 4.75. The van der Waals surface area contributed by atoms with E-state index in [-0.39, 0.29) is 0 Å². The van der Waals surface area contributed by atoms with E-state index in [9.17, 15) is 0 Å². The van der Waals surface area contributed by atoms with Gasteiger partial charge in [-0.1, -0.05) is 30.3 Å². The molecule has 4 heteroatoms. The summed E-state index contributed by atoms with van der Waals surface area (Å²) in [5, 5.41) is 12.0. The van der Waals surface area contributed by atoms with Crippen molar-refractivity contribution >= 4 is 6.21 Å². The lowest BCUT2D eigenvalue weighted by Crippen LogP contribution is -1.95. The molecule has 15 heavy (non-hydrogen) atoms. The van der Waals surface area contributed by atoms with Crippen LogP contribution in [0.15, 0.2) is 35.4 Å². The minimum atomic E-state index is 0.903. The SMILES string of the molecule is Cc1nnn(/N=C/c2ccccc2)c1C. The van der Waals surface area contributed by atoms with Crippen LogP contribution < -0.4 is 0 Å². The van der Waals surface area contributed by atoms with Crippen molar-refractivity contribution in [3.63, 3.8) is 0 Å². The molecule has 0 saturated carbocycles. The highest BCUT2D eigenvalue weighted by atomic mass is 15.6. The molecule has 0 radical (unpaired) electrons. The number of rotatable bonds is 2. The standard InChI is InChI=1S/C11H12N4/c1-9-10(2)15(14-13-9)12-8-11-6-4-3-5-7-11/h3-8H,1-2H3/b12-8+. The Morgan fingerprint density at radius 2 is 1.93 bits per heavy atom. The minimum absolute atomic E-state index is 0.903. The van der Waals surface area contributed by atoms with Gasteiger partial charge in [0.25, 0.3) is 0 Å². The van der Waals surface area contributed by atoms with Crippen LogP contribution in [0.1, 0.15) is 17.0 Å². The van der Waals surface area contributed by atoms with Gasteiger partial charge in [0, 0.05) is 0 Å². The van der Waals surface area contributed by atoms with Crippen molar-refractivity contribution in [2.24, 2.45) is 5.10 Å². The van der Waals surface area contributed by atoms with Crippen LogP contribution in [0.3, 0.4) is 0 Å². The third-order valence-electron chi connectivity index (χ3n) is 2.22. The molecule has 0 saturated heterocycles. The van der Waals surface area contributed by atoms with Crippen LogP contribution >= 0.6 is 0 Å². The van der Waals surface area contributed by atoms with Crippen molar-refractivity contribution < 1.29 is 0 Å². The zero-order chi connectivity index (χ0) is 10.7. The molecule has 1 aromatic heterocycles. The van der Waals surface area contributed by atoms with Gasteiger partial charge in [-0.15, -0.1) is 9.89 Å². The molecule has 0 spiro atoms. The summed E-state index contributed by atoms with van der Waals surface area (Å²) in [7, 11) is 0. The van der Waals surface area contributed by atoms with Gasteiger partial charge in [0.2, 0.25) is 0 Å². The summed E-state index contributed by atoms with van der Waals surface area (Å²) in [6.07, 6.45) is 1.76. The van der Waals surface area contributed by atoms with Crippen molar-refractivity contribution in [2.45, 2.75) is 13.8 Å². The molecular formula is C11H12N4. The van der Waals surface area contributed by atoms with E-state index >= 15 is 0 Å². The highest BCUT2D eigenvalue weighted by Gasteiger charge is 2.00. The first-order chi connectivity index (χ1) is 7.27. The Kier molecular flexibility index (Phi) is 2.58. The van der Waals surface area contributed by atoms with E-state index in [0.29, 0.717) is 0 Å². The molecule has 0 fully saturated rings. The molecule has 2 rings (SSSR count). The van der Waals surface area contributed by atoms with Crippen LogP contribution in [-0.4, -0.2) is 21.3 Å². The first-order valence-electron chi connectivity index (χ1n) is 4.75. The molecule has 0 unspecified atom stereocenters. The molecule has 0 aliphatic carbocycles. The predicted molar refractivity (Wildman–Crippen MR) is 58.9 cm³/mol. The lowest BCUT2D eigenvalue weighted by atomic mass is 10.2. The molecule has 0 N–H and O–H groups in total. The van der Waals surface area contributed by atoms with Gasteiger partial charge in [0.15, 0.2) is 0 Å². The van der Waals surface area contributed by atoms with Crippen molar-refractivity contribution in [3.8, 4) is 0 Å². The fourth-order valence-electron chi connectivity index (χ4n) is 1.16. The van der Waals surface area contributed by atoms with Crippen LogP contribution in [0.4, 0.5) is 0 Å². The highest BCUT2D eigenvalue weighted by molar-refractivity contribution is 5.79. The zero-order valence-corrected chi connectivity index (χ0v) is 8.75. The molecule has 0 aliphatic heterocycles. The molecule has 1 aromatic carbocycles. The quantitative estimate of drug-likeness (QED) is 0.693. The van der Waals surface area contributed by atoms with E-state index in [0.717, 1.165) is 17.0 Å². The molecule has 0 bridgehead atoms. The van der Waals surface area contributed by atoms with E-state index < -0.39 is 0 Å². The zero-order valence-electron chi connectivity index (χ0n) is 8.75. The fourth-order valence-corrected chi connectivity index (χ4v) is 1.16. The van der Waals surface area contributed by atoms with E-state index in [2.05, 4.69) is 15.4 Å². The summed E-state index contributed by atoms with van der Waals surface area (Å²) in [6, 6.07) is 9.90. The Morgan fingerprint density at radius 3 is 2.53 bits per heavy atom. The van der Waals surface area contributed by atoms with Gasteiger partial charge in [-0.25, -0.2) is 0 Å². The average molecular weight is 200 g/mol. The van der Waals surface area contributed by atoms with Crippen LogP contribution in [0.5, 0.6) is 0 Å². The van der Waals surface area contributed by atoms with E-state index in [1.54, 1.807) is 6.21 Å². The normalized spacial score (nSPS) is 11.1. The maximum absolute atomic E-state index is 4.21. The van der Waals surface area contributed by atoms with E-state index in [1.807, 2.05) is 44.2 Å². The van der Waals surface area contributed by atoms with Crippen LogP contribution in [0, 0.1) is 13.8 Å². The van der Waals surface area contributed by atoms with Crippen molar-refractivity contribution in [1.29, 1.82) is 0 Å². The molecule has 2 aromatic rings. The number of hydrogen-bond acceptors (Lipinski definition) is 3. The lowest BCUT2D eigenvalue weighted by molar-refractivity contribution is 0.679. The minimum Gasteiger partial charge on any atom is -0.157 e. The largest absolute Gasteiger partial charge is 0.157 e. The lowest BCUT2D eigenvalue weighted by Gasteiger charge is -1.94. The summed E-state index contributed by atoms with van der Waals surface area (Å²) in [6.45, 7) is 3.86. The number of hydrogen-bond donors (Lipinski definition) is 0. The highest BCUT2D eigenvalue weighted by Crippen LogP contribution is 2.01. The third-order valence-corrected chi connectivity index (χ3v) is 2.22. The first kappa shape index (κ1) is 9.58. The Hall–Kier alpha value is -1.97. The number of aromatic nitrogens is 3. The molecule has 1 heterocycles. The van der Waals surface area contributed by atoms with Gasteiger partial charge in [-0.3, -0.25) is 0 Å². The number of nitrogens with zero attached hydrogens (tertiary/aromatic N) is 4. The summed E-state index contributed by atoms with van der Waals surface area (Å²) in [5.41, 5.74) is 2.91. The predicted octanol–water partition coefficient (Wildman–Crippen LogP) is 1.78. The average Bonchev–Trinajstić information content (AvgIpc) is 2.59. The van der Waals surface area contributed by atoms with Gasteiger partial charge >= 0.3 is 0 Å². The Balaban J connectivity index is 2.23. The molecule has 0 aliphatic rings. The maximum Gasteiger partial charge on any atom is 0.0848 e. The Morgan fingerprint density at radius 1 is 1.20 bits per heavy atom. The van der Waals surface area contributed by atoms with Crippen molar-refractivity contribution in [2.75, 3.05) is 0 Å². The topological polar surface area (TPSA) is 43.1 Å². The smallest absolute Gasteiger partial charge is 0.0848 e. The van der Waals surface area contributed by atoms with Gasteiger partial charge < -0.3 is 0 Å². The molecular weight excluding hydrogens is 188 g/mol. The Bertz CT molecular complexity index is 471. The maximum atomic E-state index is 4.21. The second-order valence-corrected chi connectivity index (χ2v) is 3.30. The summed E-state index contributed by atoms with van der Waals surface area (Å²) in [4.78, 5) is 1.53. The van der Waals surface area contributed by atoms with Gasteiger partial charge in [-0.05, 0) is 24.6 Å². The van der Waals surface area contributed by atoms with E-state index in [4.69, 9.17) is 0 Å². The fraction of sp³-hybridized carbons (Fsp3) is 0.182. The number of benzene rings is 1. The van der Waals surface area contributed by atoms with Crippen LogP contribution in [0.25, 0.3) is 0 Å². The molecule has 0 amide bonds. The van der Waals surface area contributed by atoms with Crippen molar-refractivity contribution in [1.82, 2.24) is 15.1 Å². The monoisotopic (exact) mass is 200 g/mol.